The molecule has 0 heterocycles. The molecular weight excluding hydrogens is 1250 g/mol. The number of carbonyl (C=O) groups is 4. The summed E-state index contributed by atoms with van der Waals surface area (Å²) in [6.45, 7) is 7.15. The van der Waals surface area contributed by atoms with Crippen molar-refractivity contribution in [3.8, 4) is 0 Å². The van der Waals surface area contributed by atoms with E-state index in [-0.39, 0.29) is 25.7 Å². The van der Waals surface area contributed by atoms with Gasteiger partial charge in [0.1, 0.15) is 19.3 Å². The summed E-state index contributed by atoms with van der Waals surface area (Å²) >= 11 is 0. The second kappa shape index (κ2) is 68.7. The molecule has 0 saturated carbocycles. The third-order valence-electron chi connectivity index (χ3n) is 17.2. The van der Waals surface area contributed by atoms with Crippen LogP contribution in [0.1, 0.15) is 375 Å². The van der Waals surface area contributed by atoms with Crippen molar-refractivity contribution in [2.45, 2.75) is 393 Å². The van der Waals surface area contributed by atoms with E-state index in [1.807, 2.05) is 0 Å². The van der Waals surface area contributed by atoms with Crippen LogP contribution in [0.2, 0.25) is 0 Å². The van der Waals surface area contributed by atoms with Crippen molar-refractivity contribution < 1.29 is 80.2 Å². The Morgan fingerprint density at radius 1 is 0.326 bits per heavy atom. The summed E-state index contributed by atoms with van der Waals surface area (Å²) in [5.74, 6) is -1.45. The van der Waals surface area contributed by atoms with Crippen LogP contribution in [0.5, 0.6) is 0 Å². The quantitative estimate of drug-likeness (QED) is 0.0169. The highest BCUT2D eigenvalue weighted by Crippen LogP contribution is 2.45. The molecule has 0 aromatic heterocycles. The van der Waals surface area contributed by atoms with Gasteiger partial charge in [-0.25, -0.2) is 9.13 Å². The Balaban J connectivity index is 5.23. The van der Waals surface area contributed by atoms with Crippen LogP contribution in [0.4, 0.5) is 0 Å². The van der Waals surface area contributed by atoms with E-state index < -0.39 is 97.5 Å². The number of ether oxygens (including phenoxy) is 4. The average molecular weight is 1390 g/mol. The second-order valence-corrected chi connectivity index (χ2v) is 30.1. The number of hydrogen-bond donors (Lipinski definition) is 3. The summed E-state index contributed by atoms with van der Waals surface area (Å²) in [4.78, 5) is 72.7. The molecule has 560 valence electrons. The summed E-state index contributed by atoms with van der Waals surface area (Å²) in [5, 5.41) is 10.6. The molecule has 19 heteroatoms. The Morgan fingerprint density at radius 2 is 0.568 bits per heavy atom. The van der Waals surface area contributed by atoms with Gasteiger partial charge in [-0.15, -0.1) is 0 Å². The topological polar surface area (TPSA) is 237 Å². The summed E-state index contributed by atoms with van der Waals surface area (Å²) in [6, 6.07) is 0. The van der Waals surface area contributed by atoms with Gasteiger partial charge >= 0.3 is 39.5 Å². The highest BCUT2D eigenvalue weighted by atomic mass is 31.2. The number of phosphoric ester groups is 2. The number of hydrogen-bond acceptors (Lipinski definition) is 15. The molecule has 0 spiro atoms. The first-order valence-electron chi connectivity index (χ1n) is 39.0. The highest BCUT2D eigenvalue weighted by Gasteiger charge is 2.30. The zero-order chi connectivity index (χ0) is 69.8. The molecule has 0 rings (SSSR count). The van der Waals surface area contributed by atoms with E-state index in [2.05, 4.69) is 58.9 Å². The first-order valence-corrected chi connectivity index (χ1v) is 41.9. The van der Waals surface area contributed by atoms with Gasteiger partial charge < -0.3 is 33.8 Å². The van der Waals surface area contributed by atoms with E-state index in [0.717, 1.165) is 109 Å². The van der Waals surface area contributed by atoms with Crippen LogP contribution in [0.25, 0.3) is 0 Å². The smallest absolute Gasteiger partial charge is 0.462 e. The minimum Gasteiger partial charge on any atom is -0.462 e. The van der Waals surface area contributed by atoms with Gasteiger partial charge in [-0.2, -0.15) is 0 Å². The Labute approximate surface area is 580 Å². The number of aliphatic hydroxyl groups is 1. The Bertz CT molecular complexity index is 1920. The zero-order valence-electron chi connectivity index (χ0n) is 61.3. The van der Waals surface area contributed by atoms with Gasteiger partial charge in [-0.3, -0.25) is 37.3 Å². The Morgan fingerprint density at radius 3 is 0.863 bits per heavy atom. The van der Waals surface area contributed by atoms with Crippen molar-refractivity contribution in [3.63, 3.8) is 0 Å². The summed E-state index contributed by atoms with van der Waals surface area (Å²) < 4.78 is 68.4. The molecule has 5 atom stereocenters. The van der Waals surface area contributed by atoms with Crippen LogP contribution in [0, 0.1) is 5.92 Å². The molecule has 0 aliphatic heterocycles. The fourth-order valence-electron chi connectivity index (χ4n) is 11.2. The molecule has 17 nitrogen and oxygen atoms in total. The van der Waals surface area contributed by atoms with Crippen molar-refractivity contribution in [1.29, 1.82) is 0 Å². The first kappa shape index (κ1) is 92.5. The lowest BCUT2D eigenvalue weighted by Gasteiger charge is -2.21. The third-order valence-corrected chi connectivity index (χ3v) is 19.1. The predicted molar refractivity (Wildman–Crippen MR) is 386 cm³/mol. The Kier molecular flexibility index (Phi) is 66.9. The molecular formula is C76H144O17P2. The largest absolute Gasteiger partial charge is 0.472 e. The number of allylic oxidation sites excluding steroid dienone is 4. The van der Waals surface area contributed by atoms with Crippen molar-refractivity contribution in [2.75, 3.05) is 39.6 Å². The minimum atomic E-state index is -4.96. The van der Waals surface area contributed by atoms with E-state index in [9.17, 15) is 43.2 Å². The zero-order valence-corrected chi connectivity index (χ0v) is 63.1. The number of aliphatic hydroxyl groups excluding tert-OH is 1. The van der Waals surface area contributed by atoms with Gasteiger partial charge in [0.2, 0.25) is 0 Å². The van der Waals surface area contributed by atoms with Crippen LogP contribution in [-0.2, 0) is 65.4 Å². The molecule has 0 bridgehead atoms. The van der Waals surface area contributed by atoms with Crippen molar-refractivity contribution in [3.05, 3.63) is 24.3 Å². The molecule has 0 radical (unpaired) electrons. The number of carbonyl (C=O) groups excluding carboxylic acids is 4. The van der Waals surface area contributed by atoms with Gasteiger partial charge in [0.25, 0.3) is 0 Å². The van der Waals surface area contributed by atoms with Gasteiger partial charge in [-0.1, -0.05) is 322 Å². The van der Waals surface area contributed by atoms with Gasteiger partial charge in [0.05, 0.1) is 26.4 Å². The number of unbranched alkanes of at least 4 members (excludes halogenated alkanes) is 43. The van der Waals surface area contributed by atoms with Gasteiger partial charge in [0, 0.05) is 25.7 Å². The summed E-state index contributed by atoms with van der Waals surface area (Å²) in [7, 11) is -9.92. The van der Waals surface area contributed by atoms with Crippen LogP contribution in [0.15, 0.2) is 24.3 Å². The molecule has 0 fully saturated rings. The highest BCUT2D eigenvalue weighted by molar-refractivity contribution is 7.47. The first-order chi connectivity index (χ1) is 46.0. The molecule has 2 unspecified atom stereocenters. The van der Waals surface area contributed by atoms with Gasteiger partial charge in [-0.05, 0) is 57.3 Å². The summed E-state index contributed by atoms with van der Waals surface area (Å²) in [5.41, 5.74) is 0. The lowest BCUT2D eigenvalue weighted by Crippen LogP contribution is -2.30. The third kappa shape index (κ3) is 69.8. The molecule has 0 amide bonds. The molecule has 0 aliphatic rings. The maximum absolute atomic E-state index is 13.1. The molecule has 0 saturated heterocycles. The molecule has 0 aromatic carbocycles. The minimum absolute atomic E-state index is 0.102. The fraction of sp³-hybridized carbons (Fsp3) is 0.895. The van der Waals surface area contributed by atoms with Gasteiger partial charge in [0.15, 0.2) is 12.2 Å². The maximum Gasteiger partial charge on any atom is 0.472 e. The van der Waals surface area contributed by atoms with Crippen LogP contribution in [-0.4, -0.2) is 96.7 Å². The predicted octanol–water partition coefficient (Wildman–Crippen LogP) is 22.0. The molecule has 0 aromatic rings. The van der Waals surface area contributed by atoms with E-state index in [0.29, 0.717) is 31.6 Å². The molecule has 95 heavy (non-hydrogen) atoms. The van der Waals surface area contributed by atoms with Crippen molar-refractivity contribution >= 4 is 39.5 Å². The molecule has 3 N–H and O–H groups in total. The van der Waals surface area contributed by atoms with Crippen molar-refractivity contribution in [1.82, 2.24) is 0 Å². The second-order valence-electron chi connectivity index (χ2n) is 27.2. The van der Waals surface area contributed by atoms with E-state index >= 15 is 0 Å². The van der Waals surface area contributed by atoms with E-state index in [4.69, 9.17) is 37.0 Å². The van der Waals surface area contributed by atoms with Crippen LogP contribution < -0.4 is 0 Å². The summed E-state index contributed by atoms with van der Waals surface area (Å²) in [6.07, 6.45) is 60.6. The SMILES string of the molecule is CCCCCC/C=C\C=C/CCCCCCCC(=O)OC[C@H](COP(=O)(O)OC[C@@H](O)COP(=O)(O)OC[C@@H](COC(=O)CCCCCCCCCCCC)OC(=O)CCCCCCCCCC(C)C)OC(=O)CCCCCCCCCCCCCCCCCCCCCC. The van der Waals surface area contributed by atoms with E-state index in [1.165, 1.54) is 180 Å². The van der Waals surface area contributed by atoms with E-state index in [1.54, 1.807) is 0 Å². The monoisotopic (exact) mass is 1390 g/mol. The van der Waals surface area contributed by atoms with Crippen molar-refractivity contribution in [2.24, 2.45) is 5.92 Å². The lowest BCUT2D eigenvalue weighted by atomic mass is 10.0. The lowest BCUT2D eigenvalue weighted by molar-refractivity contribution is -0.161. The van der Waals surface area contributed by atoms with Crippen LogP contribution >= 0.6 is 15.6 Å². The number of rotatable bonds is 74. The molecule has 0 aliphatic carbocycles. The number of esters is 4. The normalized spacial score (nSPS) is 14.1. The average Bonchev–Trinajstić information content (AvgIpc) is 1.52. The standard InChI is InChI=1S/C76H144O17P2/c1-6-9-12-15-18-21-24-26-28-29-30-31-32-34-36-38-41-46-51-56-61-75(80)92-71(65-87-74(79)60-55-50-45-40-37-35-33-27-25-22-19-16-13-10-7-2)67-90-94(82,83)88-63-70(77)64-89-95(84,85)91-68-72(93-76(81)62-57-52-47-42-43-48-53-58-69(4)5)66-86-73(78)59-54-49-44-39-23-20-17-14-11-8-3/h22,25,27,33,69-72,77H,6-21,23-24,26,28-32,34-68H2,1-5H3,(H,82,83)(H,84,85)/b25-22-,33-27-/t70-,71-,72-/m1/s1. The Hall–Kier alpha value is -2.46. The fourth-order valence-corrected chi connectivity index (χ4v) is 12.7. The van der Waals surface area contributed by atoms with Crippen LogP contribution in [0.3, 0.4) is 0 Å². The maximum atomic E-state index is 13.1. The number of phosphoric acid groups is 2.